The molecule has 0 aromatic heterocycles. The van der Waals surface area contributed by atoms with Crippen molar-refractivity contribution in [1.29, 1.82) is 0 Å². The van der Waals surface area contributed by atoms with Gasteiger partial charge in [-0.05, 0) is 43.9 Å². The van der Waals surface area contributed by atoms with Gasteiger partial charge in [0.1, 0.15) is 5.82 Å². The van der Waals surface area contributed by atoms with Crippen LogP contribution in [0.1, 0.15) is 29.5 Å². The molecule has 82 valence electrons. The lowest BCUT2D eigenvalue weighted by Gasteiger charge is -2.18. The van der Waals surface area contributed by atoms with Crippen LogP contribution in [-0.2, 0) is 5.41 Å². The van der Waals surface area contributed by atoms with Crippen LogP contribution in [0.4, 0.5) is 4.39 Å². The fourth-order valence-corrected chi connectivity index (χ4v) is 2.32. The zero-order valence-electron chi connectivity index (χ0n) is 9.03. The lowest BCUT2D eigenvalue weighted by atomic mass is 9.90. The minimum atomic E-state index is -0.222. The van der Waals surface area contributed by atoms with Gasteiger partial charge in [-0.1, -0.05) is 11.6 Å². The van der Waals surface area contributed by atoms with E-state index < -0.39 is 0 Å². The summed E-state index contributed by atoms with van der Waals surface area (Å²) < 4.78 is 13.6. The summed E-state index contributed by atoms with van der Waals surface area (Å²) in [6.07, 6.45) is 2.09. The smallest absolute Gasteiger partial charge is 0.127 e. The Kier molecular flexibility index (Phi) is 2.52. The molecule has 0 radical (unpaired) electrons. The highest BCUT2D eigenvalue weighted by molar-refractivity contribution is 6.32. The Hall–Kier alpha value is -0.600. The van der Waals surface area contributed by atoms with Crippen LogP contribution < -0.4 is 5.73 Å². The second kappa shape index (κ2) is 3.46. The number of benzene rings is 1. The van der Waals surface area contributed by atoms with E-state index in [-0.39, 0.29) is 11.2 Å². The Bertz CT molecular complexity index is 411. The van der Waals surface area contributed by atoms with Gasteiger partial charge in [-0.25, -0.2) is 4.39 Å². The van der Waals surface area contributed by atoms with Crippen molar-refractivity contribution in [3.8, 4) is 0 Å². The average molecular weight is 228 g/mol. The zero-order chi connectivity index (χ0) is 11.2. The molecule has 1 fully saturated rings. The quantitative estimate of drug-likeness (QED) is 0.826. The molecule has 0 unspecified atom stereocenters. The van der Waals surface area contributed by atoms with E-state index in [4.69, 9.17) is 17.3 Å². The van der Waals surface area contributed by atoms with Gasteiger partial charge in [-0.3, -0.25) is 0 Å². The largest absolute Gasteiger partial charge is 0.330 e. The van der Waals surface area contributed by atoms with Crippen molar-refractivity contribution in [2.75, 3.05) is 6.54 Å². The fourth-order valence-electron chi connectivity index (χ4n) is 2.13. The monoisotopic (exact) mass is 227 g/mol. The van der Waals surface area contributed by atoms with Crippen molar-refractivity contribution in [3.63, 3.8) is 0 Å². The molecule has 15 heavy (non-hydrogen) atoms. The maximum Gasteiger partial charge on any atom is 0.127 e. The van der Waals surface area contributed by atoms with Gasteiger partial charge in [0.25, 0.3) is 0 Å². The zero-order valence-corrected chi connectivity index (χ0v) is 9.79. The first-order valence-corrected chi connectivity index (χ1v) is 5.55. The third-order valence-electron chi connectivity index (χ3n) is 3.51. The molecule has 0 amide bonds. The highest BCUT2D eigenvalue weighted by atomic mass is 35.5. The van der Waals surface area contributed by atoms with Crippen molar-refractivity contribution >= 4 is 11.6 Å². The Labute approximate surface area is 94.4 Å². The molecule has 1 aliphatic rings. The van der Waals surface area contributed by atoms with Gasteiger partial charge >= 0.3 is 0 Å². The molecule has 1 aromatic carbocycles. The second-order valence-corrected chi connectivity index (χ2v) is 4.83. The summed E-state index contributed by atoms with van der Waals surface area (Å²) in [6, 6.07) is 1.61. The van der Waals surface area contributed by atoms with E-state index in [1.807, 2.05) is 6.92 Å². The summed E-state index contributed by atoms with van der Waals surface area (Å²) in [4.78, 5) is 0. The molecule has 3 heteroatoms. The molecule has 0 heterocycles. The molecule has 2 rings (SSSR count). The van der Waals surface area contributed by atoms with Gasteiger partial charge in [0.2, 0.25) is 0 Å². The molecule has 2 N–H and O–H groups in total. The van der Waals surface area contributed by atoms with Crippen LogP contribution >= 0.6 is 11.6 Å². The molecule has 1 aliphatic carbocycles. The van der Waals surface area contributed by atoms with E-state index in [0.717, 1.165) is 24.0 Å². The van der Waals surface area contributed by atoms with E-state index in [0.29, 0.717) is 17.1 Å². The standard InChI is InChI=1S/C12H15ClFN/c1-7-9(12(6-15)3-4-12)5-10(14)8(2)11(7)13/h5H,3-4,6,15H2,1-2H3. The van der Waals surface area contributed by atoms with E-state index in [2.05, 4.69) is 0 Å². The first kappa shape index (κ1) is 10.9. The molecule has 1 aromatic rings. The predicted octanol–water partition coefficient (Wildman–Crippen LogP) is 3.09. The molecule has 1 saturated carbocycles. The fraction of sp³-hybridized carbons (Fsp3) is 0.500. The summed E-state index contributed by atoms with van der Waals surface area (Å²) in [5.74, 6) is -0.222. The summed E-state index contributed by atoms with van der Waals surface area (Å²) in [5.41, 5.74) is 8.26. The Balaban J connectivity index is 2.58. The van der Waals surface area contributed by atoms with Crippen molar-refractivity contribution in [3.05, 3.63) is 33.6 Å². The van der Waals surface area contributed by atoms with Gasteiger partial charge in [0, 0.05) is 22.5 Å². The highest BCUT2D eigenvalue weighted by Gasteiger charge is 2.44. The van der Waals surface area contributed by atoms with E-state index >= 15 is 0 Å². The topological polar surface area (TPSA) is 26.0 Å². The van der Waals surface area contributed by atoms with Crippen LogP contribution in [-0.4, -0.2) is 6.54 Å². The summed E-state index contributed by atoms with van der Waals surface area (Å²) in [6.45, 7) is 4.23. The van der Waals surface area contributed by atoms with Crippen LogP contribution in [0.25, 0.3) is 0 Å². The van der Waals surface area contributed by atoms with Gasteiger partial charge < -0.3 is 5.73 Å². The average Bonchev–Trinajstić information content (AvgIpc) is 3.01. The van der Waals surface area contributed by atoms with Gasteiger partial charge in [-0.2, -0.15) is 0 Å². The Morgan fingerprint density at radius 3 is 2.47 bits per heavy atom. The van der Waals surface area contributed by atoms with Crippen LogP contribution in [0, 0.1) is 19.7 Å². The normalized spacial score (nSPS) is 17.9. The number of hydrogen-bond donors (Lipinski definition) is 1. The first-order chi connectivity index (χ1) is 7.02. The van der Waals surface area contributed by atoms with Crippen molar-refractivity contribution < 1.29 is 4.39 Å². The third kappa shape index (κ3) is 1.56. The predicted molar refractivity (Wildman–Crippen MR) is 60.9 cm³/mol. The first-order valence-electron chi connectivity index (χ1n) is 5.17. The molecule has 1 nitrogen and oxygen atoms in total. The van der Waals surface area contributed by atoms with Crippen LogP contribution in [0.2, 0.25) is 5.02 Å². The maximum absolute atomic E-state index is 13.6. The minimum absolute atomic E-state index is 0.00225. The molecule has 0 saturated heterocycles. The Morgan fingerprint density at radius 2 is 2.00 bits per heavy atom. The highest BCUT2D eigenvalue weighted by Crippen LogP contribution is 2.49. The summed E-state index contributed by atoms with van der Waals surface area (Å²) in [5, 5.41) is 0.546. The maximum atomic E-state index is 13.6. The van der Waals surface area contributed by atoms with E-state index in [1.165, 1.54) is 0 Å². The molecular weight excluding hydrogens is 213 g/mol. The molecule has 0 bridgehead atoms. The van der Waals surface area contributed by atoms with Crippen LogP contribution in [0.15, 0.2) is 6.07 Å². The lowest BCUT2D eigenvalue weighted by Crippen LogP contribution is -2.21. The van der Waals surface area contributed by atoms with Gasteiger partial charge in [-0.15, -0.1) is 0 Å². The summed E-state index contributed by atoms with van der Waals surface area (Å²) >= 11 is 6.10. The van der Waals surface area contributed by atoms with Crippen molar-refractivity contribution in [1.82, 2.24) is 0 Å². The molecule has 0 atom stereocenters. The van der Waals surface area contributed by atoms with E-state index in [9.17, 15) is 4.39 Å². The number of halogens is 2. The van der Waals surface area contributed by atoms with Crippen LogP contribution in [0.5, 0.6) is 0 Å². The lowest BCUT2D eigenvalue weighted by molar-refractivity contribution is 0.606. The minimum Gasteiger partial charge on any atom is -0.330 e. The molecular formula is C12H15ClFN. The molecule has 0 spiro atoms. The summed E-state index contributed by atoms with van der Waals surface area (Å²) in [7, 11) is 0. The number of nitrogens with two attached hydrogens (primary N) is 1. The Morgan fingerprint density at radius 1 is 1.40 bits per heavy atom. The second-order valence-electron chi connectivity index (χ2n) is 4.45. The number of hydrogen-bond acceptors (Lipinski definition) is 1. The van der Waals surface area contributed by atoms with Gasteiger partial charge in [0.15, 0.2) is 0 Å². The van der Waals surface area contributed by atoms with Crippen LogP contribution in [0.3, 0.4) is 0 Å². The molecule has 0 aliphatic heterocycles. The van der Waals surface area contributed by atoms with Crippen molar-refractivity contribution in [2.24, 2.45) is 5.73 Å². The van der Waals surface area contributed by atoms with E-state index in [1.54, 1.807) is 13.0 Å². The third-order valence-corrected chi connectivity index (χ3v) is 4.07. The van der Waals surface area contributed by atoms with Crippen molar-refractivity contribution in [2.45, 2.75) is 32.1 Å². The number of rotatable bonds is 2. The van der Waals surface area contributed by atoms with Gasteiger partial charge in [0.05, 0.1) is 0 Å². The SMILES string of the molecule is Cc1c(F)cc(C2(CN)CC2)c(C)c1Cl.